The summed E-state index contributed by atoms with van der Waals surface area (Å²) in [6, 6.07) is 15.9. The van der Waals surface area contributed by atoms with E-state index in [1.165, 1.54) is 0 Å². The second-order valence-corrected chi connectivity index (χ2v) is 4.75. The van der Waals surface area contributed by atoms with Gasteiger partial charge in [-0.25, -0.2) is 4.98 Å². The van der Waals surface area contributed by atoms with E-state index >= 15 is 0 Å². The number of hydrogen-bond donors (Lipinski definition) is 1. The number of fused-ring (bicyclic) bond motifs is 1. The van der Waals surface area contributed by atoms with Gasteiger partial charge < -0.3 is 10.2 Å². The maximum absolute atomic E-state index is 6.19. The smallest absolute Gasteiger partial charge is 0.197 e. The third-order valence-corrected chi connectivity index (χ3v) is 3.28. The molecule has 0 bridgehead atoms. The Hall–Kier alpha value is -2.13. The second kappa shape index (κ2) is 4.86. The van der Waals surface area contributed by atoms with E-state index in [-0.39, 0.29) is 6.04 Å². The molecule has 0 saturated heterocycles. The lowest BCUT2D eigenvalue weighted by molar-refractivity contribution is 0.501. The van der Waals surface area contributed by atoms with Gasteiger partial charge in [-0.15, -0.1) is 0 Å². The molecule has 0 saturated carbocycles. The lowest BCUT2D eigenvalue weighted by Gasteiger charge is -2.08. The zero-order valence-corrected chi connectivity index (χ0v) is 10.8. The summed E-state index contributed by atoms with van der Waals surface area (Å²) < 4.78 is 5.80. The first-order valence-electron chi connectivity index (χ1n) is 6.39. The predicted molar refractivity (Wildman–Crippen MR) is 75.8 cm³/mol. The van der Waals surface area contributed by atoms with Crippen molar-refractivity contribution in [1.82, 2.24) is 4.98 Å². The molecule has 2 N–H and O–H groups in total. The molecule has 1 heterocycles. The van der Waals surface area contributed by atoms with Crippen LogP contribution in [0.1, 0.15) is 23.1 Å². The average molecular weight is 252 g/mol. The monoisotopic (exact) mass is 252 g/mol. The molecule has 1 unspecified atom stereocenters. The van der Waals surface area contributed by atoms with Crippen molar-refractivity contribution in [3.63, 3.8) is 0 Å². The number of benzene rings is 2. The summed E-state index contributed by atoms with van der Waals surface area (Å²) in [5, 5.41) is 0. The van der Waals surface area contributed by atoms with Crippen molar-refractivity contribution in [3.8, 4) is 0 Å². The first kappa shape index (κ1) is 11.9. The SMILES string of the molecule is Cc1cccc2nc(CC(N)c3ccccc3)oc12. The highest BCUT2D eigenvalue weighted by molar-refractivity contribution is 5.75. The number of hydrogen-bond acceptors (Lipinski definition) is 3. The fourth-order valence-electron chi connectivity index (χ4n) is 2.23. The largest absolute Gasteiger partial charge is 0.440 e. The zero-order valence-electron chi connectivity index (χ0n) is 10.8. The minimum Gasteiger partial charge on any atom is -0.440 e. The molecule has 3 nitrogen and oxygen atoms in total. The highest BCUT2D eigenvalue weighted by Crippen LogP contribution is 2.22. The first-order valence-corrected chi connectivity index (χ1v) is 6.39. The highest BCUT2D eigenvalue weighted by atomic mass is 16.3. The molecule has 1 atom stereocenters. The Kier molecular flexibility index (Phi) is 3.05. The molecular weight excluding hydrogens is 236 g/mol. The predicted octanol–water partition coefficient (Wildman–Crippen LogP) is 3.38. The van der Waals surface area contributed by atoms with Crippen molar-refractivity contribution in [3.05, 3.63) is 65.5 Å². The molecule has 0 amide bonds. The van der Waals surface area contributed by atoms with Gasteiger partial charge in [-0.3, -0.25) is 0 Å². The van der Waals surface area contributed by atoms with Crippen LogP contribution < -0.4 is 5.73 Å². The number of nitrogens with two attached hydrogens (primary N) is 1. The first-order chi connectivity index (χ1) is 9.24. The molecule has 0 radical (unpaired) electrons. The summed E-state index contributed by atoms with van der Waals surface area (Å²) in [4.78, 5) is 4.49. The Morgan fingerprint density at radius 1 is 1.11 bits per heavy atom. The summed E-state index contributed by atoms with van der Waals surface area (Å²) in [5.41, 5.74) is 10.1. The normalized spacial score (nSPS) is 12.7. The van der Waals surface area contributed by atoms with Gasteiger partial charge in [-0.1, -0.05) is 42.5 Å². The number of aryl methyl sites for hydroxylation is 1. The van der Waals surface area contributed by atoms with Gasteiger partial charge in [-0.05, 0) is 24.1 Å². The third-order valence-electron chi connectivity index (χ3n) is 3.28. The zero-order chi connectivity index (χ0) is 13.2. The van der Waals surface area contributed by atoms with Crippen molar-refractivity contribution < 1.29 is 4.42 Å². The summed E-state index contributed by atoms with van der Waals surface area (Å²) in [5.74, 6) is 0.695. The van der Waals surface area contributed by atoms with E-state index in [9.17, 15) is 0 Å². The Morgan fingerprint density at radius 3 is 2.63 bits per heavy atom. The van der Waals surface area contributed by atoms with Gasteiger partial charge in [0.2, 0.25) is 0 Å². The van der Waals surface area contributed by atoms with Gasteiger partial charge in [0.05, 0.1) is 0 Å². The summed E-state index contributed by atoms with van der Waals surface area (Å²) in [6.45, 7) is 2.02. The van der Waals surface area contributed by atoms with Gasteiger partial charge in [-0.2, -0.15) is 0 Å². The van der Waals surface area contributed by atoms with Gasteiger partial charge in [0, 0.05) is 12.5 Å². The summed E-state index contributed by atoms with van der Waals surface area (Å²) in [7, 11) is 0. The Balaban J connectivity index is 1.88. The van der Waals surface area contributed by atoms with E-state index in [2.05, 4.69) is 4.98 Å². The molecule has 3 aromatic rings. The Morgan fingerprint density at radius 2 is 1.89 bits per heavy atom. The Bertz CT molecular complexity index is 688. The molecule has 0 aliphatic rings. The van der Waals surface area contributed by atoms with Crippen LogP contribution in [0.15, 0.2) is 52.9 Å². The number of rotatable bonds is 3. The number of aromatic nitrogens is 1. The molecule has 1 aromatic heterocycles. The van der Waals surface area contributed by atoms with Crippen molar-refractivity contribution in [2.24, 2.45) is 5.73 Å². The third kappa shape index (κ3) is 2.37. The highest BCUT2D eigenvalue weighted by Gasteiger charge is 2.12. The minimum atomic E-state index is -0.0884. The van der Waals surface area contributed by atoms with Crippen molar-refractivity contribution in [1.29, 1.82) is 0 Å². The van der Waals surface area contributed by atoms with Crippen LogP contribution in [0, 0.1) is 6.92 Å². The van der Waals surface area contributed by atoms with Crippen LogP contribution in [-0.4, -0.2) is 4.98 Å². The molecule has 96 valence electrons. The van der Waals surface area contributed by atoms with Gasteiger partial charge in [0.15, 0.2) is 11.5 Å². The number of nitrogens with zero attached hydrogens (tertiary/aromatic N) is 1. The van der Waals surface area contributed by atoms with Crippen LogP contribution in [0.25, 0.3) is 11.1 Å². The molecule has 3 rings (SSSR count). The lowest BCUT2D eigenvalue weighted by atomic mass is 10.1. The fourth-order valence-corrected chi connectivity index (χ4v) is 2.23. The van der Waals surface area contributed by atoms with Crippen LogP contribution in [-0.2, 0) is 6.42 Å². The maximum Gasteiger partial charge on any atom is 0.197 e. The van der Waals surface area contributed by atoms with Gasteiger partial charge in [0.25, 0.3) is 0 Å². The van der Waals surface area contributed by atoms with E-state index in [4.69, 9.17) is 10.2 Å². The molecule has 3 heteroatoms. The molecule has 0 aliphatic carbocycles. The molecule has 0 aliphatic heterocycles. The average Bonchev–Trinajstić information content (AvgIpc) is 2.84. The summed E-state index contributed by atoms with van der Waals surface area (Å²) in [6.07, 6.45) is 0.609. The standard InChI is InChI=1S/C16H16N2O/c1-11-6-5-9-14-16(11)19-15(18-14)10-13(17)12-7-3-2-4-8-12/h2-9,13H,10,17H2,1H3. The van der Waals surface area contributed by atoms with Crippen LogP contribution >= 0.6 is 0 Å². The van der Waals surface area contributed by atoms with Crippen LogP contribution in [0.5, 0.6) is 0 Å². The van der Waals surface area contributed by atoms with Crippen molar-refractivity contribution in [2.75, 3.05) is 0 Å². The fraction of sp³-hybridized carbons (Fsp3) is 0.188. The van der Waals surface area contributed by atoms with Crippen LogP contribution in [0.3, 0.4) is 0 Å². The summed E-state index contributed by atoms with van der Waals surface area (Å²) >= 11 is 0. The molecule has 0 fully saturated rings. The van der Waals surface area contributed by atoms with E-state index in [0.29, 0.717) is 12.3 Å². The van der Waals surface area contributed by atoms with E-state index in [1.807, 2.05) is 55.5 Å². The maximum atomic E-state index is 6.19. The van der Waals surface area contributed by atoms with E-state index in [0.717, 1.165) is 22.2 Å². The minimum absolute atomic E-state index is 0.0884. The quantitative estimate of drug-likeness (QED) is 0.777. The van der Waals surface area contributed by atoms with Crippen LogP contribution in [0.2, 0.25) is 0 Å². The van der Waals surface area contributed by atoms with Crippen molar-refractivity contribution in [2.45, 2.75) is 19.4 Å². The molecule has 19 heavy (non-hydrogen) atoms. The van der Waals surface area contributed by atoms with Gasteiger partial charge in [0.1, 0.15) is 5.52 Å². The molecular formula is C16H16N2O. The van der Waals surface area contributed by atoms with E-state index < -0.39 is 0 Å². The van der Waals surface area contributed by atoms with Crippen molar-refractivity contribution >= 4 is 11.1 Å². The topological polar surface area (TPSA) is 52.0 Å². The molecule has 2 aromatic carbocycles. The van der Waals surface area contributed by atoms with Gasteiger partial charge >= 0.3 is 0 Å². The number of para-hydroxylation sites is 1. The molecule has 0 spiro atoms. The lowest BCUT2D eigenvalue weighted by Crippen LogP contribution is -2.13. The number of oxazole rings is 1. The van der Waals surface area contributed by atoms with E-state index in [1.54, 1.807) is 0 Å². The Labute approximate surface area is 112 Å². The second-order valence-electron chi connectivity index (χ2n) is 4.75. The van der Waals surface area contributed by atoms with Crippen LogP contribution in [0.4, 0.5) is 0 Å².